The fourth-order valence-electron chi connectivity index (χ4n) is 1.12. The van der Waals surface area contributed by atoms with E-state index in [-0.39, 0.29) is 24.4 Å². The molecule has 0 saturated carbocycles. The van der Waals surface area contributed by atoms with E-state index in [2.05, 4.69) is 0 Å². The number of hydrogen-bond donors (Lipinski definition) is 2. The zero-order valence-corrected chi connectivity index (χ0v) is 6.88. The number of carboxylic acids is 1. The molecular weight excluding hydrogens is 166 g/mol. The lowest BCUT2D eigenvalue weighted by Crippen LogP contribution is -2.28. The van der Waals surface area contributed by atoms with Gasteiger partial charge in [0, 0.05) is 6.04 Å². The smallest absolute Gasteiger partial charge is 0.306 e. The lowest BCUT2D eigenvalue weighted by Gasteiger charge is -2.17. The second-order valence-corrected chi connectivity index (χ2v) is 2.60. The van der Waals surface area contributed by atoms with E-state index in [0.29, 0.717) is 12.8 Å². The zero-order chi connectivity index (χ0) is 7.56. The van der Waals surface area contributed by atoms with Gasteiger partial charge in [-0.1, -0.05) is 12.2 Å². The SMILES string of the molecule is Cl.N[C@H]1C=CC[C@H](C(=O)O)C1. The van der Waals surface area contributed by atoms with Crippen molar-refractivity contribution in [1.82, 2.24) is 0 Å². The first-order valence-corrected chi connectivity index (χ1v) is 3.35. The number of allylic oxidation sites excluding steroid dienone is 1. The van der Waals surface area contributed by atoms with Crippen molar-refractivity contribution < 1.29 is 9.90 Å². The lowest BCUT2D eigenvalue weighted by molar-refractivity contribution is -0.142. The molecular formula is C7H12ClNO2. The molecule has 0 unspecified atom stereocenters. The van der Waals surface area contributed by atoms with E-state index in [9.17, 15) is 4.79 Å². The number of halogens is 1. The van der Waals surface area contributed by atoms with Gasteiger partial charge < -0.3 is 10.8 Å². The summed E-state index contributed by atoms with van der Waals surface area (Å²) in [6, 6.07) is -0.0603. The molecule has 0 radical (unpaired) electrons. The number of nitrogens with two attached hydrogens (primary N) is 1. The van der Waals surface area contributed by atoms with E-state index in [1.807, 2.05) is 12.2 Å². The number of carbonyl (C=O) groups is 1. The third-order valence-corrected chi connectivity index (χ3v) is 1.71. The standard InChI is InChI=1S/C7H11NO2.ClH/c8-6-3-1-2-5(4-6)7(9)10;/h1,3,5-6H,2,4,8H2,(H,9,10);1H/t5-,6-;/m0./s1. The predicted octanol–water partition coefficient (Wildman–Crippen LogP) is 0.786. The van der Waals surface area contributed by atoms with Crippen molar-refractivity contribution in [1.29, 1.82) is 0 Å². The van der Waals surface area contributed by atoms with E-state index >= 15 is 0 Å². The number of carboxylic acid groups (broad SMARTS) is 1. The third-order valence-electron chi connectivity index (χ3n) is 1.71. The average Bonchev–Trinajstić information content (AvgIpc) is 1.88. The predicted molar refractivity (Wildman–Crippen MR) is 44.7 cm³/mol. The molecule has 0 aliphatic heterocycles. The highest BCUT2D eigenvalue weighted by Crippen LogP contribution is 2.16. The monoisotopic (exact) mass is 177 g/mol. The van der Waals surface area contributed by atoms with Crippen molar-refractivity contribution in [3.63, 3.8) is 0 Å². The van der Waals surface area contributed by atoms with Crippen LogP contribution in [0.4, 0.5) is 0 Å². The molecule has 0 aromatic rings. The maximum Gasteiger partial charge on any atom is 0.306 e. The summed E-state index contributed by atoms with van der Waals surface area (Å²) in [5.41, 5.74) is 5.51. The summed E-state index contributed by atoms with van der Waals surface area (Å²) in [7, 11) is 0. The Kier molecular flexibility index (Phi) is 4.15. The highest BCUT2D eigenvalue weighted by atomic mass is 35.5. The average molecular weight is 178 g/mol. The van der Waals surface area contributed by atoms with Crippen LogP contribution in [0.5, 0.6) is 0 Å². The summed E-state index contributed by atoms with van der Waals surface area (Å²) in [6.07, 6.45) is 4.90. The van der Waals surface area contributed by atoms with Crippen LogP contribution >= 0.6 is 12.4 Å². The molecule has 0 aromatic carbocycles. The van der Waals surface area contributed by atoms with E-state index in [1.165, 1.54) is 0 Å². The van der Waals surface area contributed by atoms with Crippen LogP contribution in [-0.4, -0.2) is 17.1 Å². The van der Waals surface area contributed by atoms with Crippen LogP contribution in [0, 0.1) is 5.92 Å². The molecule has 0 spiro atoms. The van der Waals surface area contributed by atoms with Gasteiger partial charge in [0.1, 0.15) is 0 Å². The first-order chi connectivity index (χ1) is 4.70. The van der Waals surface area contributed by atoms with Crippen LogP contribution in [0.3, 0.4) is 0 Å². The molecule has 1 aliphatic rings. The van der Waals surface area contributed by atoms with Crippen LogP contribution in [0.15, 0.2) is 12.2 Å². The van der Waals surface area contributed by atoms with Gasteiger partial charge in [-0.25, -0.2) is 0 Å². The molecule has 1 aliphatic carbocycles. The van der Waals surface area contributed by atoms with Crippen molar-refractivity contribution in [3.05, 3.63) is 12.2 Å². The first kappa shape index (κ1) is 10.5. The van der Waals surface area contributed by atoms with Crippen LogP contribution in [0.25, 0.3) is 0 Å². The van der Waals surface area contributed by atoms with Crippen molar-refractivity contribution >= 4 is 18.4 Å². The van der Waals surface area contributed by atoms with Gasteiger partial charge in [0.2, 0.25) is 0 Å². The Hall–Kier alpha value is -0.540. The van der Waals surface area contributed by atoms with Crippen molar-refractivity contribution in [3.8, 4) is 0 Å². The Balaban J connectivity index is 0.000001000. The molecule has 2 atom stereocenters. The molecule has 3 N–H and O–H groups in total. The van der Waals surface area contributed by atoms with Gasteiger partial charge >= 0.3 is 5.97 Å². The zero-order valence-electron chi connectivity index (χ0n) is 6.06. The minimum atomic E-state index is -0.736. The fourth-order valence-corrected chi connectivity index (χ4v) is 1.12. The summed E-state index contributed by atoms with van der Waals surface area (Å²) >= 11 is 0. The summed E-state index contributed by atoms with van der Waals surface area (Å²) in [5.74, 6) is -1.00. The van der Waals surface area contributed by atoms with Gasteiger partial charge in [0.25, 0.3) is 0 Å². The Morgan fingerprint density at radius 1 is 1.64 bits per heavy atom. The Bertz CT molecular complexity index is 170. The highest BCUT2D eigenvalue weighted by Gasteiger charge is 2.20. The molecule has 0 saturated heterocycles. The van der Waals surface area contributed by atoms with Crippen LogP contribution in [-0.2, 0) is 4.79 Å². The summed E-state index contributed by atoms with van der Waals surface area (Å²) in [4.78, 5) is 10.4. The molecule has 3 nitrogen and oxygen atoms in total. The molecule has 0 heterocycles. The fraction of sp³-hybridized carbons (Fsp3) is 0.571. The first-order valence-electron chi connectivity index (χ1n) is 3.35. The topological polar surface area (TPSA) is 63.3 Å². The number of hydrogen-bond acceptors (Lipinski definition) is 2. The molecule has 0 aromatic heterocycles. The molecule has 0 fully saturated rings. The summed E-state index contributed by atoms with van der Waals surface area (Å²) < 4.78 is 0. The summed E-state index contributed by atoms with van der Waals surface area (Å²) in [5, 5.41) is 8.57. The van der Waals surface area contributed by atoms with Gasteiger partial charge in [-0.2, -0.15) is 0 Å². The Morgan fingerprint density at radius 2 is 2.27 bits per heavy atom. The van der Waals surface area contributed by atoms with E-state index < -0.39 is 5.97 Å². The lowest BCUT2D eigenvalue weighted by atomic mass is 9.92. The largest absolute Gasteiger partial charge is 0.481 e. The maximum atomic E-state index is 10.4. The Labute approximate surface area is 71.7 Å². The van der Waals surface area contributed by atoms with Gasteiger partial charge in [-0.05, 0) is 12.8 Å². The third kappa shape index (κ3) is 2.91. The second-order valence-electron chi connectivity index (χ2n) is 2.60. The molecule has 0 amide bonds. The van der Waals surface area contributed by atoms with Gasteiger partial charge in [-0.3, -0.25) is 4.79 Å². The van der Waals surface area contributed by atoms with Crippen LogP contribution in [0.2, 0.25) is 0 Å². The molecule has 4 heteroatoms. The van der Waals surface area contributed by atoms with Gasteiger partial charge in [0.05, 0.1) is 5.92 Å². The van der Waals surface area contributed by atoms with Crippen molar-refractivity contribution in [2.75, 3.05) is 0 Å². The maximum absolute atomic E-state index is 10.4. The van der Waals surface area contributed by atoms with Gasteiger partial charge in [-0.15, -0.1) is 12.4 Å². The molecule has 1 rings (SSSR count). The van der Waals surface area contributed by atoms with E-state index in [0.717, 1.165) is 0 Å². The normalized spacial score (nSPS) is 29.2. The van der Waals surface area contributed by atoms with Crippen LogP contribution in [0.1, 0.15) is 12.8 Å². The van der Waals surface area contributed by atoms with E-state index in [1.54, 1.807) is 0 Å². The minimum Gasteiger partial charge on any atom is -0.481 e. The van der Waals surface area contributed by atoms with Crippen molar-refractivity contribution in [2.45, 2.75) is 18.9 Å². The number of rotatable bonds is 1. The highest BCUT2D eigenvalue weighted by molar-refractivity contribution is 5.85. The number of aliphatic carboxylic acids is 1. The Morgan fingerprint density at radius 3 is 2.64 bits per heavy atom. The van der Waals surface area contributed by atoms with Gasteiger partial charge in [0.15, 0.2) is 0 Å². The minimum absolute atomic E-state index is 0. The van der Waals surface area contributed by atoms with Crippen LogP contribution < -0.4 is 5.73 Å². The quantitative estimate of drug-likeness (QED) is 0.582. The van der Waals surface area contributed by atoms with E-state index in [4.69, 9.17) is 10.8 Å². The molecule has 64 valence electrons. The van der Waals surface area contributed by atoms with Crippen molar-refractivity contribution in [2.24, 2.45) is 11.7 Å². The second kappa shape index (κ2) is 4.36. The molecule has 0 bridgehead atoms. The molecule has 11 heavy (non-hydrogen) atoms. The summed E-state index contributed by atoms with van der Waals surface area (Å²) in [6.45, 7) is 0.